The van der Waals surface area contributed by atoms with Gasteiger partial charge in [-0.25, -0.2) is 24.7 Å². The third-order valence-electron chi connectivity index (χ3n) is 23.9. The number of nitro benzene ring substituents is 3. The zero-order valence-electron chi connectivity index (χ0n) is 74.7. The van der Waals surface area contributed by atoms with Gasteiger partial charge in [-0.05, 0) is 213 Å². The number of nitrogen functional groups attached to an aromatic ring is 1. The number of aromatic nitrogens is 4. The standard InChI is InChI=1S/C29H33N3O3.C15H16ClN3O.C13H15NO4.C13H17NO2.C11H10N2O3.C11H11NO4.3CH4.6K/c1-20-19-31-27(32-25(20)13-10-22-6-3-4-7-23(22)17-26(30)33)16-21-8-11-24(12-9-21)29(14-5-15-29)18-28(34)35-2;1-10-9-18-15(16)19-13(10)7-6-11-4-2-3-5-12(11)8-14(17)20;1-18-12(15)9-13(7-2-8-13)10-3-5-11(6-4-10)14(16)17;1-16-12(15)9-13(7-2-8-13)10-3-5-11(14)6-4-10;14-8-12-11(6-1-7-11)9-2-4-10(5-3-9)13(15)16;13-10(14)11(6-1-7-11)8-2-4-9(5-3-8)12(15)16;;;;;;;;;/h3-4,6-9,11-12,19H,5,10,13-18H2,1-2H3,(H2,30,33);2-5,9H,6-8H2,1H3,(H2,17,20);3-6H,2,7-9H2,1H3;3-6H,2,7-9,14H2,1H3;2-5H,1,6-7H2;2-5H,1,6-7H2,(H,13,14);3*1H4;;;;;;. The van der Waals surface area contributed by atoms with Gasteiger partial charge in [-0.1, -0.05) is 157 Å². The van der Waals surface area contributed by atoms with Crippen LogP contribution in [0.1, 0.15) is 222 Å². The Labute approximate surface area is 903 Å². The van der Waals surface area contributed by atoms with Crippen molar-refractivity contribution in [3.05, 3.63) is 302 Å². The molecule has 5 fully saturated rings. The fourth-order valence-corrected chi connectivity index (χ4v) is 16.0. The number of aliphatic carboxylic acids is 1. The second-order valence-electron chi connectivity index (χ2n) is 31.4. The summed E-state index contributed by atoms with van der Waals surface area (Å²) in [4.78, 5) is 130. The molecule has 2 amide bonds. The Bertz CT molecular complexity index is 5140. The average Bonchev–Trinajstić information content (AvgIpc) is 0.793. The molecule has 130 heavy (non-hydrogen) atoms. The van der Waals surface area contributed by atoms with Crippen molar-refractivity contribution in [2.45, 2.75) is 224 Å². The normalized spacial score (nSPS) is 14.4. The molecule has 0 atom stereocenters. The summed E-state index contributed by atoms with van der Waals surface area (Å²) in [5.41, 5.74) is 29.9. The second kappa shape index (κ2) is 62.1. The average molecular weight is 1950 g/mol. The van der Waals surface area contributed by atoms with Crippen LogP contribution in [0.15, 0.2) is 187 Å². The Hall–Kier alpha value is -2.99. The van der Waals surface area contributed by atoms with Crippen LogP contribution in [0.5, 0.6) is 0 Å². The molecule has 28 nitrogen and oxygen atoms in total. The molecule has 2 heterocycles. The number of isocyanates is 1. The molecule has 664 valence electrons. The SMILES string of the molecule is C.C.C.COC(=O)CC1(c2ccc(Cc3ncc(C)c(CCc4ccccc4CC(N)=O)n3)cc2)CCC1.COC(=O)CC1(c2ccc(N)cc2)CCC1.COC(=O)CC1(c2ccc([N+](=O)[O-])cc2)CCC1.Cc1cnc(Cl)nc1CCc1ccccc1CC(N)=O.O=C(O)C1(c2ccc([N+](=O)[O-])cc2)CCC1.O=C=NC1(c2ccc([N+](=O)[O-])cc2)CCC1.[K][K].[K][K].[K][K]. The molecule has 5 aliphatic carbocycles. The molecular weight excluding hydrogens is 1840 g/mol. The minimum atomic E-state index is -0.840. The summed E-state index contributed by atoms with van der Waals surface area (Å²) < 4.78 is 14.4. The fraction of sp³-hybridized carbons (Fsp3) is 0.400. The molecule has 5 saturated carbocycles. The Morgan fingerprint density at radius 1 is 0.462 bits per heavy atom. The number of carbonyl (C=O) groups is 6. The summed E-state index contributed by atoms with van der Waals surface area (Å²) in [6.45, 7) is 3.99. The van der Waals surface area contributed by atoms with Gasteiger partial charge in [0.2, 0.25) is 23.2 Å². The number of carbonyl (C=O) groups excluding carboxylic acids is 6. The van der Waals surface area contributed by atoms with E-state index >= 15 is 0 Å². The molecule has 0 aliphatic heterocycles. The van der Waals surface area contributed by atoms with Gasteiger partial charge in [-0.3, -0.25) is 59.1 Å². The number of nitrogens with two attached hydrogens (primary N) is 3. The predicted octanol–water partition coefficient (Wildman–Crippen LogP) is 15.3. The first kappa shape index (κ1) is 121. The van der Waals surface area contributed by atoms with E-state index in [0.717, 1.165) is 176 Å². The van der Waals surface area contributed by atoms with Crippen molar-refractivity contribution < 1.29 is 67.6 Å². The molecule has 9 aromatic rings. The molecule has 2 aromatic heterocycles. The van der Waals surface area contributed by atoms with Gasteiger partial charge in [-0.15, -0.1) is 0 Å². The van der Waals surface area contributed by atoms with Crippen LogP contribution in [-0.4, -0.2) is 292 Å². The number of carboxylic acids is 1. The van der Waals surface area contributed by atoms with Crippen molar-refractivity contribution in [1.82, 2.24) is 19.9 Å². The number of nitro groups is 3. The van der Waals surface area contributed by atoms with Crippen LogP contribution in [-0.2, 0) is 120 Å². The first-order chi connectivity index (χ1) is 60.9. The predicted molar refractivity (Wildman–Crippen MR) is 509 cm³/mol. The number of carboxylic acid groups (broad SMARTS) is 1. The van der Waals surface area contributed by atoms with Crippen LogP contribution < -0.4 is 17.2 Å². The number of halogens is 1. The number of aliphatic imine (C=N–C) groups is 1. The van der Waals surface area contributed by atoms with Gasteiger partial charge in [-0.2, -0.15) is 4.99 Å². The molecule has 0 unspecified atom stereocenters. The molecule has 0 bridgehead atoms. The summed E-state index contributed by atoms with van der Waals surface area (Å²) in [7, 11) is 4.27. The Morgan fingerprint density at radius 2 is 0.785 bits per heavy atom. The molecule has 0 radical (unpaired) electrons. The quantitative estimate of drug-likeness (QED) is 0.00407. The topological polar surface area (TPSA) is 439 Å². The molecule has 7 N–H and O–H groups in total. The maximum atomic E-state index is 11.9. The van der Waals surface area contributed by atoms with E-state index in [1.165, 1.54) is 265 Å². The zero-order valence-corrected chi connectivity index (χ0v) is 94.2. The Balaban J connectivity index is 0.000000406. The summed E-state index contributed by atoms with van der Waals surface area (Å²) >= 11 is 13.3. The Kier molecular flexibility index (Phi) is 57.9. The number of esters is 3. The van der Waals surface area contributed by atoms with Crippen LogP contribution in [0.25, 0.3) is 0 Å². The van der Waals surface area contributed by atoms with E-state index in [1.54, 1.807) is 48.7 Å². The number of amides is 2. The third-order valence-corrected chi connectivity index (χ3v) is 24.1. The van der Waals surface area contributed by atoms with Gasteiger partial charge in [0.15, 0.2) is 0 Å². The van der Waals surface area contributed by atoms with Gasteiger partial charge in [0.25, 0.3) is 17.1 Å². The van der Waals surface area contributed by atoms with Gasteiger partial charge in [0.05, 0.1) is 79.2 Å². The van der Waals surface area contributed by atoms with Crippen LogP contribution in [0.2, 0.25) is 5.28 Å². The van der Waals surface area contributed by atoms with Crippen molar-refractivity contribution in [3.63, 3.8) is 0 Å². The van der Waals surface area contributed by atoms with E-state index in [-0.39, 0.29) is 103 Å². The molecule has 0 spiro atoms. The van der Waals surface area contributed by atoms with E-state index in [9.17, 15) is 69.0 Å². The number of primary amides is 2. The van der Waals surface area contributed by atoms with Gasteiger partial charge >= 0.3 is 213 Å². The van der Waals surface area contributed by atoms with Crippen molar-refractivity contribution in [3.8, 4) is 0 Å². The second-order valence-corrected chi connectivity index (χ2v) is 31.7. The van der Waals surface area contributed by atoms with Crippen LogP contribution >= 0.6 is 11.6 Å². The number of aryl methyl sites for hydroxylation is 6. The van der Waals surface area contributed by atoms with Crippen molar-refractivity contribution in [2.75, 3.05) is 27.1 Å². The van der Waals surface area contributed by atoms with Crippen molar-refractivity contribution in [2.24, 2.45) is 16.5 Å². The first-order valence-corrected chi connectivity index (χ1v) is 91.5. The van der Waals surface area contributed by atoms with Crippen LogP contribution in [0.4, 0.5) is 22.7 Å². The number of anilines is 1. The van der Waals surface area contributed by atoms with Gasteiger partial charge in [0, 0.05) is 88.5 Å². The van der Waals surface area contributed by atoms with Gasteiger partial charge in [0.1, 0.15) is 5.82 Å². The molecule has 14 rings (SSSR count). The summed E-state index contributed by atoms with van der Waals surface area (Å²) in [6.07, 6.45) is 24.9. The minimum absolute atomic E-state index is 0. The van der Waals surface area contributed by atoms with E-state index < -0.39 is 31.7 Å². The van der Waals surface area contributed by atoms with E-state index in [4.69, 9.17) is 48.0 Å². The number of hydrogen-bond donors (Lipinski definition) is 4. The molecule has 0 saturated heterocycles. The molecular formula is C95H114ClK6N11O17. The Morgan fingerprint density at radius 3 is 1.09 bits per heavy atom. The molecule has 5 aliphatic rings. The van der Waals surface area contributed by atoms with Gasteiger partial charge < -0.3 is 36.5 Å². The van der Waals surface area contributed by atoms with E-state index in [1.807, 2.05) is 92.8 Å². The number of nitrogens with zero attached hydrogens (tertiary/aromatic N) is 8. The van der Waals surface area contributed by atoms with Crippen molar-refractivity contribution in [1.29, 1.82) is 0 Å². The molecule has 7 aromatic carbocycles. The van der Waals surface area contributed by atoms with Crippen LogP contribution in [0.3, 0.4) is 0 Å². The third kappa shape index (κ3) is 36.3. The summed E-state index contributed by atoms with van der Waals surface area (Å²) in [5, 5.41) is 41.0. The number of benzene rings is 7. The zero-order chi connectivity index (χ0) is 93.5. The van der Waals surface area contributed by atoms with Crippen LogP contribution in [0, 0.1) is 44.2 Å². The number of non-ortho nitro benzene ring substituents is 3. The number of rotatable bonds is 28. The van der Waals surface area contributed by atoms with E-state index in [2.05, 4.69) is 44.2 Å². The number of hydrogen-bond acceptors (Lipinski definition) is 22. The fourth-order valence-electron chi connectivity index (χ4n) is 15.9. The molecule has 35 heteroatoms. The number of methoxy groups -OCH3 is 3. The monoisotopic (exact) mass is 1950 g/mol. The summed E-state index contributed by atoms with van der Waals surface area (Å²) in [5.74, 6) is -1.20. The summed E-state index contributed by atoms with van der Waals surface area (Å²) in [6, 6.07) is 50.6. The first-order valence-electron chi connectivity index (χ1n) is 43.1. The van der Waals surface area contributed by atoms with Crippen molar-refractivity contribution >= 4 is 266 Å². The van der Waals surface area contributed by atoms with E-state index in [0.29, 0.717) is 44.1 Å². The maximum absolute atomic E-state index is 11.9. The number of ether oxygens (including phenoxy) is 3.